The highest BCUT2D eigenvalue weighted by Crippen LogP contribution is 2.26. The molecule has 1 N–H and O–H groups in total. The van der Waals surface area contributed by atoms with Gasteiger partial charge in [-0.25, -0.2) is 4.31 Å². The minimum atomic E-state index is -3.83. The molecule has 0 fully saturated rings. The molecule has 0 saturated heterocycles. The molecule has 2 aromatic rings. The van der Waals surface area contributed by atoms with Crippen LogP contribution in [0.25, 0.3) is 0 Å². The molecule has 2 aromatic carbocycles. The molecule has 0 bridgehead atoms. The van der Waals surface area contributed by atoms with E-state index >= 15 is 0 Å². The third-order valence-corrected chi connectivity index (χ3v) is 6.21. The lowest BCUT2D eigenvalue weighted by atomic mass is 10.1. The van der Waals surface area contributed by atoms with E-state index in [4.69, 9.17) is 0 Å². The van der Waals surface area contributed by atoms with E-state index in [-0.39, 0.29) is 6.54 Å². The number of carbonyl (C=O) groups excluding carboxylic acids is 1. The van der Waals surface area contributed by atoms with Crippen molar-refractivity contribution in [2.75, 3.05) is 30.3 Å². The number of aryl methyl sites for hydroxylation is 4. The number of carbonyl (C=O) groups is 1. The average molecular weight is 390 g/mol. The Morgan fingerprint density at radius 1 is 0.963 bits per heavy atom. The Morgan fingerprint density at radius 2 is 1.56 bits per heavy atom. The number of anilines is 2. The summed E-state index contributed by atoms with van der Waals surface area (Å²) >= 11 is 0. The van der Waals surface area contributed by atoms with Crippen molar-refractivity contribution in [3.05, 3.63) is 58.7 Å². The molecule has 7 heteroatoms. The Kier molecular flexibility index (Phi) is 6.28. The van der Waals surface area contributed by atoms with Gasteiger partial charge in [0, 0.05) is 19.8 Å². The Balaban J connectivity index is 2.41. The van der Waals surface area contributed by atoms with Gasteiger partial charge in [0.2, 0.25) is 5.91 Å². The van der Waals surface area contributed by atoms with Crippen molar-refractivity contribution < 1.29 is 13.2 Å². The van der Waals surface area contributed by atoms with Gasteiger partial charge in [0.05, 0.1) is 5.69 Å². The zero-order valence-electron chi connectivity index (χ0n) is 16.7. The van der Waals surface area contributed by atoms with Crippen molar-refractivity contribution in [1.29, 1.82) is 0 Å². The highest BCUT2D eigenvalue weighted by Gasteiger charge is 2.28. The molecule has 0 aliphatic heterocycles. The van der Waals surface area contributed by atoms with Crippen LogP contribution in [0.15, 0.2) is 36.4 Å². The molecule has 2 rings (SSSR count). The molecule has 0 heterocycles. The summed E-state index contributed by atoms with van der Waals surface area (Å²) in [5.41, 5.74) is 4.77. The van der Waals surface area contributed by atoms with Crippen LogP contribution in [-0.2, 0) is 15.0 Å². The Morgan fingerprint density at radius 3 is 2.11 bits per heavy atom. The van der Waals surface area contributed by atoms with Gasteiger partial charge in [-0.1, -0.05) is 30.3 Å². The van der Waals surface area contributed by atoms with Crippen molar-refractivity contribution in [3.63, 3.8) is 0 Å². The summed E-state index contributed by atoms with van der Waals surface area (Å²) in [5.74, 6) is -0.390. The van der Waals surface area contributed by atoms with Gasteiger partial charge in [0.15, 0.2) is 0 Å². The maximum Gasteiger partial charge on any atom is 0.304 e. The number of nitrogens with zero attached hydrogens (tertiary/aromatic N) is 2. The van der Waals surface area contributed by atoms with Gasteiger partial charge in [-0.3, -0.25) is 4.79 Å². The van der Waals surface area contributed by atoms with Gasteiger partial charge >= 0.3 is 10.2 Å². The highest BCUT2D eigenvalue weighted by atomic mass is 32.2. The summed E-state index contributed by atoms with van der Waals surface area (Å²) in [5, 5.41) is 2.86. The first kappa shape index (κ1) is 20.9. The van der Waals surface area contributed by atoms with Gasteiger partial charge in [0.25, 0.3) is 0 Å². The van der Waals surface area contributed by atoms with E-state index in [9.17, 15) is 13.2 Å². The number of benzene rings is 2. The number of para-hydroxylation sites is 1. The zero-order valence-corrected chi connectivity index (χ0v) is 17.5. The lowest BCUT2D eigenvalue weighted by Gasteiger charge is -2.28. The number of nitrogens with one attached hydrogen (secondary N) is 1. The maximum atomic E-state index is 12.9. The van der Waals surface area contributed by atoms with Crippen molar-refractivity contribution in [3.8, 4) is 0 Å². The Hall–Kier alpha value is -2.38. The first-order valence-corrected chi connectivity index (χ1v) is 10.1. The minimum Gasteiger partial charge on any atom is -0.324 e. The van der Waals surface area contributed by atoms with Gasteiger partial charge in [0.1, 0.15) is 6.54 Å². The quantitative estimate of drug-likeness (QED) is 0.825. The average Bonchev–Trinajstić information content (AvgIpc) is 2.58. The fraction of sp³-hybridized carbons (Fsp3) is 0.350. The van der Waals surface area contributed by atoms with E-state index in [2.05, 4.69) is 5.32 Å². The van der Waals surface area contributed by atoms with Crippen LogP contribution in [0.1, 0.15) is 22.3 Å². The van der Waals surface area contributed by atoms with Crippen LogP contribution in [0.2, 0.25) is 0 Å². The number of rotatable bonds is 6. The number of amides is 1. The number of hydrogen-bond donors (Lipinski definition) is 1. The van der Waals surface area contributed by atoms with Crippen LogP contribution in [0.3, 0.4) is 0 Å². The predicted molar refractivity (Wildman–Crippen MR) is 110 cm³/mol. The van der Waals surface area contributed by atoms with Gasteiger partial charge in [-0.15, -0.1) is 0 Å². The smallest absolute Gasteiger partial charge is 0.304 e. The summed E-state index contributed by atoms with van der Waals surface area (Å²) in [6.45, 7) is 7.22. The first-order chi connectivity index (χ1) is 12.5. The minimum absolute atomic E-state index is 0.307. The van der Waals surface area contributed by atoms with Crippen molar-refractivity contribution >= 4 is 27.5 Å². The third-order valence-electron chi connectivity index (χ3n) is 4.41. The summed E-state index contributed by atoms with van der Waals surface area (Å²) in [6, 6.07) is 11.3. The van der Waals surface area contributed by atoms with Crippen LogP contribution in [0, 0.1) is 27.7 Å². The molecule has 0 aliphatic carbocycles. The van der Waals surface area contributed by atoms with E-state index in [1.807, 2.05) is 58.0 Å². The van der Waals surface area contributed by atoms with Crippen molar-refractivity contribution in [1.82, 2.24) is 4.31 Å². The molecule has 0 aliphatic rings. The van der Waals surface area contributed by atoms with E-state index in [1.165, 1.54) is 14.1 Å². The van der Waals surface area contributed by atoms with Crippen LogP contribution < -0.4 is 9.62 Å². The second-order valence-corrected chi connectivity index (χ2v) is 8.97. The van der Waals surface area contributed by atoms with Crippen LogP contribution in [-0.4, -0.2) is 39.3 Å². The molecule has 146 valence electrons. The highest BCUT2D eigenvalue weighted by molar-refractivity contribution is 7.90. The van der Waals surface area contributed by atoms with E-state index < -0.39 is 16.1 Å². The standard InChI is InChI=1S/C20H27N3O3S/c1-14-10-11-15(2)18(12-14)23(27(25,26)22(5)6)13-19(24)21-20-16(3)8-7-9-17(20)4/h7-12H,13H2,1-6H3,(H,21,24). The monoisotopic (exact) mass is 389 g/mol. The third kappa shape index (κ3) is 4.67. The van der Waals surface area contributed by atoms with Crippen LogP contribution >= 0.6 is 0 Å². The SMILES string of the molecule is Cc1ccc(C)c(N(CC(=O)Nc2c(C)cccc2C)S(=O)(=O)N(C)C)c1. The predicted octanol–water partition coefficient (Wildman–Crippen LogP) is 3.17. The van der Waals surface area contributed by atoms with Crippen molar-refractivity contribution in [2.45, 2.75) is 27.7 Å². The van der Waals surface area contributed by atoms with E-state index in [1.54, 1.807) is 6.07 Å². The summed E-state index contributed by atoms with van der Waals surface area (Å²) < 4.78 is 28.0. The maximum absolute atomic E-state index is 12.9. The fourth-order valence-electron chi connectivity index (χ4n) is 2.80. The fourth-order valence-corrected chi connectivity index (χ4v) is 3.92. The number of hydrogen-bond acceptors (Lipinski definition) is 3. The largest absolute Gasteiger partial charge is 0.324 e. The topological polar surface area (TPSA) is 69.7 Å². The second-order valence-electron chi connectivity index (χ2n) is 6.90. The molecule has 0 spiro atoms. The summed E-state index contributed by atoms with van der Waals surface area (Å²) in [6.07, 6.45) is 0. The first-order valence-electron chi connectivity index (χ1n) is 8.67. The molecule has 1 amide bonds. The molecule has 0 aromatic heterocycles. The normalized spacial score (nSPS) is 11.5. The second kappa shape index (κ2) is 8.10. The zero-order chi connectivity index (χ0) is 20.4. The molecule has 0 unspecified atom stereocenters. The van der Waals surface area contributed by atoms with E-state index in [0.717, 1.165) is 30.9 Å². The Labute approximate surface area is 162 Å². The van der Waals surface area contributed by atoms with Gasteiger partial charge < -0.3 is 5.32 Å². The van der Waals surface area contributed by atoms with Crippen molar-refractivity contribution in [2.24, 2.45) is 0 Å². The summed E-state index contributed by atoms with van der Waals surface area (Å²) in [4.78, 5) is 12.7. The van der Waals surface area contributed by atoms with Crippen LogP contribution in [0.5, 0.6) is 0 Å². The summed E-state index contributed by atoms with van der Waals surface area (Å²) in [7, 11) is -0.923. The molecular formula is C20H27N3O3S. The molecule has 0 atom stereocenters. The molecule has 27 heavy (non-hydrogen) atoms. The Bertz CT molecular complexity index is 933. The van der Waals surface area contributed by atoms with Gasteiger partial charge in [-0.05, 0) is 56.0 Å². The van der Waals surface area contributed by atoms with Crippen LogP contribution in [0.4, 0.5) is 11.4 Å². The molecular weight excluding hydrogens is 362 g/mol. The molecule has 6 nitrogen and oxygen atoms in total. The lowest BCUT2D eigenvalue weighted by molar-refractivity contribution is -0.114. The lowest BCUT2D eigenvalue weighted by Crippen LogP contribution is -2.44. The molecule has 0 radical (unpaired) electrons. The molecule has 0 saturated carbocycles. The van der Waals surface area contributed by atoms with E-state index in [0.29, 0.717) is 11.4 Å². The van der Waals surface area contributed by atoms with Gasteiger partial charge in [-0.2, -0.15) is 12.7 Å².